The summed E-state index contributed by atoms with van der Waals surface area (Å²) in [6.07, 6.45) is -30.8. The Morgan fingerprint density at radius 1 is 0.473 bits per heavy atom. The van der Waals surface area contributed by atoms with Gasteiger partial charge in [-0.2, -0.15) is 114 Å². The predicted octanol–water partition coefficient (Wildman–Crippen LogP) is 11.1. The van der Waals surface area contributed by atoms with Crippen molar-refractivity contribution in [1.29, 1.82) is 0 Å². The molecule has 0 saturated carbocycles. The minimum absolute atomic E-state index is 0.252. The van der Waals surface area contributed by atoms with Gasteiger partial charge >= 0.3 is 77.7 Å². The van der Waals surface area contributed by atoms with Crippen molar-refractivity contribution in [2.24, 2.45) is 0 Å². The number of alkyl carbamates (subject to hydrolysis) is 1. The maximum absolute atomic E-state index is 14.7. The minimum atomic E-state index is -8.44. The van der Waals surface area contributed by atoms with E-state index in [4.69, 9.17) is 0 Å². The molecule has 1 aliphatic heterocycles. The highest BCUT2D eigenvalue weighted by Crippen LogP contribution is 2.63. The molecule has 1 N–H and O–H groups in total. The van der Waals surface area contributed by atoms with Gasteiger partial charge in [0.15, 0.2) is 0 Å². The predicted molar refractivity (Wildman–Crippen MR) is 126 cm³/mol. The third-order valence-electron chi connectivity index (χ3n) is 8.23. The summed E-state index contributed by atoms with van der Waals surface area (Å²) < 4.78 is 358. The molecule has 320 valence electrons. The number of carbonyl (C=O) groups excluding carboxylic acids is 1. The molecule has 0 aromatic heterocycles. The van der Waals surface area contributed by atoms with Gasteiger partial charge in [-0.3, -0.25) is 0 Å². The van der Waals surface area contributed by atoms with Gasteiger partial charge < -0.3 is 10.1 Å². The highest BCUT2D eigenvalue weighted by Gasteiger charge is 2.92. The minimum Gasteiger partial charge on any atom is -0.441 e. The second-order valence-corrected chi connectivity index (χ2v) is 11.8. The SMILES string of the molecule is O=C1N[C@@H](Cc2ccccc2)C(CCC(F)(F)C(F)(F)C(F)(F)C(F)(F)C(F)(F)C(F)(F)F)(CCC(F)(F)C(F)(F)C(F)(F)C(F)(F)C(F)(F)C(F)(F)F)O1. The number of ether oxygens (including phenoxy) is 1. The van der Waals surface area contributed by atoms with Crippen LogP contribution in [0, 0.1) is 0 Å². The van der Waals surface area contributed by atoms with Crippen molar-refractivity contribution < 1.29 is 124 Å². The molecule has 1 amide bonds. The molecule has 1 fully saturated rings. The van der Waals surface area contributed by atoms with E-state index in [1.807, 2.05) is 0 Å². The number of amides is 1. The summed E-state index contributed by atoms with van der Waals surface area (Å²) in [5.74, 6) is -80.4. The molecule has 2 rings (SSSR count). The lowest BCUT2D eigenvalue weighted by Gasteiger charge is -2.42. The van der Waals surface area contributed by atoms with Crippen LogP contribution in [-0.2, 0) is 11.2 Å². The van der Waals surface area contributed by atoms with Crippen LogP contribution in [-0.4, -0.2) is 89.3 Å². The largest absolute Gasteiger partial charge is 0.460 e. The first kappa shape index (κ1) is 47.8. The van der Waals surface area contributed by atoms with E-state index >= 15 is 0 Å². The first-order chi connectivity index (χ1) is 24.0. The zero-order chi connectivity index (χ0) is 43.7. The molecule has 0 bridgehead atoms. The van der Waals surface area contributed by atoms with Crippen molar-refractivity contribution >= 4 is 6.09 Å². The summed E-state index contributed by atoms with van der Waals surface area (Å²) in [5.41, 5.74) is -4.02. The Bertz CT molecular complexity index is 1440. The maximum atomic E-state index is 14.7. The third-order valence-corrected chi connectivity index (χ3v) is 8.23. The summed E-state index contributed by atoms with van der Waals surface area (Å²) in [4.78, 5) is 12.1. The van der Waals surface area contributed by atoms with Gasteiger partial charge in [0, 0.05) is 12.8 Å². The zero-order valence-electron chi connectivity index (χ0n) is 25.6. The number of carbonyl (C=O) groups is 1. The van der Waals surface area contributed by atoms with Crippen LogP contribution in [0.1, 0.15) is 31.2 Å². The highest BCUT2D eigenvalue weighted by molar-refractivity contribution is 5.71. The summed E-state index contributed by atoms with van der Waals surface area (Å²) in [6, 6.07) is 2.82. The molecular weight excluding hydrogens is 852 g/mol. The second kappa shape index (κ2) is 13.7. The second-order valence-electron chi connectivity index (χ2n) is 11.8. The van der Waals surface area contributed by atoms with Crippen LogP contribution in [0.25, 0.3) is 0 Å². The van der Waals surface area contributed by atoms with Crippen LogP contribution in [0.2, 0.25) is 0 Å². The fraction of sp³-hybridized carbons (Fsp3) is 0.731. The molecule has 1 aromatic carbocycles. The molecule has 1 saturated heterocycles. The molecule has 1 aromatic rings. The molecule has 0 unspecified atom stereocenters. The van der Waals surface area contributed by atoms with E-state index in [1.165, 1.54) is 11.4 Å². The van der Waals surface area contributed by atoms with Gasteiger partial charge in [-0.05, 0) is 24.8 Å². The number of alkyl halides is 26. The number of nitrogens with one attached hydrogen (secondary N) is 1. The highest BCUT2D eigenvalue weighted by atomic mass is 19.4. The average molecular weight is 869 g/mol. The van der Waals surface area contributed by atoms with E-state index in [1.54, 1.807) is 0 Å². The van der Waals surface area contributed by atoms with E-state index in [0.717, 1.165) is 24.3 Å². The monoisotopic (exact) mass is 869 g/mol. The van der Waals surface area contributed by atoms with Crippen molar-refractivity contribution in [1.82, 2.24) is 5.32 Å². The topological polar surface area (TPSA) is 38.3 Å². The number of rotatable bonds is 16. The van der Waals surface area contributed by atoms with Crippen molar-refractivity contribution in [2.75, 3.05) is 0 Å². The van der Waals surface area contributed by atoms with E-state index in [2.05, 4.69) is 4.74 Å². The van der Waals surface area contributed by atoms with Crippen LogP contribution in [0.4, 0.5) is 119 Å². The zero-order valence-corrected chi connectivity index (χ0v) is 25.6. The van der Waals surface area contributed by atoms with Crippen molar-refractivity contribution in [3.05, 3.63) is 35.9 Å². The summed E-state index contributed by atoms with van der Waals surface area (Å²) in [5, 5.41) is 1.51. The Kier molecular flexibility index (Phi) is 11.9. The average Bonchev–Trinajstić information content (AvgIpc) is 3.32. The normalized spacial score (nSPS) is 19.0. The van der Waals surface area contributed by atoms with E-state index in [-0.39, 0.29) is 5.56 Å². The number of hydrogen-bond acceptors (Lipinski definition) is 2. The van der Waals surface area contributed by atoms with Crippen molar-refractivity contribution in [3.63, 3.8) is 0 Å². The number of cyclic esters (lactones) is 1. The lowest BCUT2D eigenvalue weighted by atomic mass is 9.78. The molecule has 0 spiro atoms. The molecular formula is C26H17F26NO2. The fourth-order valence-corrected chi connectivity index (χ4v) is 4.88. The van der Waals surface area contributed by atoms with Gasteiger partial charge in [-0.15, -0.1) is 0 Å². The quantitative estimate of drug-likeness (QED) is 0.168. The van der Waals surface area contributed by atoms with Crippen molar-refractivity contribution in [3.8, 4) is 0 Å². The van der Waals surface area contributed by atoms with Gasteiger partial charge in [0.05, 0.1) is 6.04 Å². The summed E-state index contributed by atoms with van der Waals surface area (Å²) >= 11 is 0. The van der Waals surface area contributed by atoms with E-state index < -0.39 is 121 Å². The van der Waals surface area contributed by atoms with Gasteiger partial charge in [-0.1, -0.05) is 30.3 Å². The Hall–Kier alpha value is -3.33. The van der Waals surface area contributed by atoms with Crippen LogP contribution >= 0.6 is 0 Å². The fourth-order valence-electron chi connectivity index (χ4n) is 4.88. The molecule has 55 heavy (non-hydrogen) atoms. The molecule has 29 heteroatoms. The van der Waals surface area contributed by atoms with Gasteiger partial charge in [0.2, 0.25) is 0 Å². The van der Waals surface area contributed by atoms with Crippen LogP contribution < -0.4 is 5.32 Å². The molecule has 1 aliphatic rings. The number of halogens is 26. The molecule has 3 nitrogen and oxygen atoms in total. The van der Waals surface area contributed by atoms with Gasteiger partial charge in [0.25, 0.3) is 0 Å². The Morgan fingerprint density at radius 3 is 1.09 bits per heavy atom. The third kappa shape index (κ3) is 7.36. The van der Waals surface area contributed by atoms with Crippen molar-refractivity contribution in [2.45, 2.75) is 115 Å². The summed E-state index contributed by atoms with van der Waals surface area (Å²) in [6.45, 7) is 0. The van der Waals surface area contributed by atoms with Crippen LogP contribution in [0.15, 0.2) is 30.3 Å². The summed E-state index contributed by atoms with van der Waals surface area (Å²) in [7, 11) is 0. The molecule has 1 atom stereocenters. The standard InChI is InChI=1S/C26H17F26NO2/c27-15(28,17(31,32)19(35,36)21(39,40)23(43,44)25(47,48)49)8-6-14(12(53-13(54)55-14)10-11-4-2-1-3-5-11)7-9-16(29,30)18(33,34)20(37,38)22(41,42)24(45,46)26(50,51)52/h1-5,12H,6-10H2,(H,53,54)/t12-/m0/s1. The lowest BCUT2D eigenvalue weighted by Crippen LogP contribution is -2.70. The lowest BCUT2D eigenvalue weighted by molar-refractivity contribution is -0.440. The van der Waals surface area contributed by atoms with Crippen LogP contribution in [0.5, 0.6) is 0 Å². The molecule has 0 aliphatic carbocycles. The Labute approximate surface area is 287 Å². The maximum Gasteiger partial charge on any atom is 0.460 e. The number of hydrogen-bond donors (Lipinski definition) is 1. The van der Waals surface area contributed by atoms with Crippen LogP contribution in [0.3, 0.4) is 0 Å². The molecule has 0 radical (unpaired) electrons. The molecule has 1 heterocycles. The van der Waals surface area contributed by atoms with Gasteiger partial charge in [0.1, 0.15) is 5.60 Å². The first-order valence-electron chi connectivity index (χ1n) is 13.9. The van der Waals surface area contributed by atoms with Gasteiger partial charge in [-0.25, -0.2) is 4.79 Å². The van der Waals surface area contributed by atoms with E-state index in [9.17, 15) is 119 Å². The van der Waals surface area contributed by atoms with E-state index in [0.29, 0.717) is 0 Å². The smallest absolute Gasteiger partial charge is 0.441 e. The Balaban J connectivity index is 2.67. The Morgan fingerprint density at radius 2 is 0.782 bits per heavy atom. The number of benzene rings is 1. The first-order valence-corrected chi connectivity index (χ1v) is 13.9.